The van der Waals surface area contributed by atoms with Crippen molar-refractivity contribution in [3.05, 3.63) is 35.9 Å². The maximum atomic E-state index is 11.3. The van der Waals surface area contributed by atoms with E-state index in [1.165, 1.54) is 0 Å². The van der Waals surface area contributed by atoms with Gasteiger partial charge in [0, 0.05) is 12.0 Å². The molecule has 7 heteroatoms. The Labute approximate surface area is 120 Å². The van der Waals surface area contributed by atoms with E-state index >= 15 is 0 Å². The third-order valence-electron chi connectivity index (χ3n) is 2.61. The normalized spacial score (nSPS) is 16.7. The van der Waals surface area contributed by atoms with Crippen LogP contribution in [0.1, 0.15) is 29.6 Å². The molecule has 21 heavy (non-hydrogen) atoms. The molecule has 0 aromatic heterocycles. The molecule has 0 radical (unpaired) electrons. The summed E-state index contributed by atoms with van der Waals surface area (Å²) in [7, 11) is 0. The number of carboxylic acids is 1. The number of amides is 2. The first-order chi connectivity index (χ1) is 9.90. The second-order valence-corrected chi connectivity index (χ2v) is 4.32. The highest BCUT2D eigenvalue weighted by Crippen LogP contribution is 2.04. The number of benzene rings is 1. The second-order valence-electron chi connectivity index (χ2n) is 4.32. The van der Waals surface area contributed by atoms with Gasteiger partial charge in [-0.05, 0) is 0 Å². The van der Waals surface area contributed by atoms with E-state index in [4.69, 9.17) is 10.2 Å². The molecule has 0 bridgehead atoms. The zero-order valence-electron chi connectivity index (χ0n) is 11.1. The number of carboxylic acid groups (broad SMARTS) is 1. The van der Waals surface area contributed by atoms with E-state index < -0.39 is 23.9 Å². The van der Waals surface area contributed by atoms with Crippen molar-refractivity contribution in [1.82, 2.24) is 5.32 Å². The molecular weight excluding hydrogens is 278 g/mol. The molecule has 0 saturated carbocycles. The quantitative estimate of drug-likeness (QED) is 0.536. The Morgan fingerprint density at radius 2 is 1.76 bits per heavy atom. The summed E-state index contributed by atoms with van der Waals surface area (Å²) >= 11 is 0. The van der Waals surface area contributed by atoms with Crippen LogP contribution in [0.25, 0.3) is 0 Å². The number of hydrogen-bond acceptors (Lipinski definition) is 5. The maximum Gasteiger partial charge on any atom is 0.303 e. The van der Waals surface area contributed by atoms with E-state index in [-0.39, 0.29) is 25.0 Å². The number of carbonyl (C=O) groups excluding carboxylic acids is 3. The summed E-state index contributed by atoms with van der Waals surface area (Å²) in [6.07, 6.45) is -1.23. The predicted octanol–water partition coefficient (Wildman–Crippen LogP) is 0.128. The lowest BCUT2D eigenvalue weighted by Crippen LogP contribution is -2.24. The summed E-state index contributed by atoms with van der Waals surface area (Å²) in [5.41, 5.74) is 0.573. The van der Waals surface area contributed by atoms with Crippen molar-refractivity contribution in [3.8, 4) is 0 Å². The third-order valence-corrected chi connectivity index (χ3v) is 2.61. The first-order valence-corrected chi connectivity index (χ1v) is 6.22. The average molecular weight is 293 g/mol. The van der Waals surface area contributed by atoms with Gasteiger partial charge in [0.1, 0.15) is 6.10 Å². The van der Waals surface area contributed by atoms with Gasteiger partial charge in [-0.15, -0.1) is 0 Å². The molecule has 0 aliphatic carbocycles. The summed E-state index contributed by atoms with van der Waals surface area (Å²) in [5, 5.41) is 18.8. The number of aliphatic hydroxyl groups is 1. The lowest BCUT2D eigenvalue weighted by molar-refractivity contribution is -0.137. The number of aliphatic hydroxyl groups excluding tert-OH is 1. The molecule has 1 aliphatic heterocycles. The van der Waals surface area contributed by atoms with Gasteiger partial charge >= 0.3 is 5.97 Å². The highest BCUT2D eigenvalue weighted by molar-refractivity contribution is 6.04. The van der Waals surface area contributed by atoms with Crippen molar-refractivity contribution >= 4 is 23.6 Å². The number of imide groups is 1. The first kappa shape index (κ1) is 16.5. The molecule has 1 atom stereocenters. The predicted molar refractivity (Wildman–Crippen MR) is 71.4 cm³/mol. The number of Topliss-reactive ketones (excluding diaryl/α,β-unsaturated/α-hetero) is 1. The maximum absolute atomic E-state index is 11.3. The Morgan fingerprint density at radius 3 is 2.14 bits per heavy atom. The van der Waals surface area contributed by atoms with E-state index in [2.05, 4.69) is 0 Å². The van der Waals surface area contributed by atoms with Crippen molar-refractivity contribution in [2.24, 2.45) is 0 Å². The number of hydrogen-bond donors (Lipinski definition) is 3. The second kappa shape index (κ2) is 7.91. The van der Waals surface area contributed by atoms with Crippen LogP contribution in [0.2, 0.25) is 0 Å². The van der Waals surface area contributed by atoms with E-state index in [9.17, 15) is 19.2 Å². The Morgan fingerprint density at radius 1 is 1.14 bits per heavy atom. The van der Waals surface area contributed by atoms with Gasteiger partial charge in [0.15, 0.2) is 5.78 Å². The molecule has 2 rings (SSSR count). The van der Waals surface area contributed by atoms with Crippen LogP contribution >= 0.6 is 0 Å². The first-order valence-electron chi connectivity index (χ1n) is 6.22. The van der Waals surface area contributed by atoms with Crippen LogP contribution in [0.15, 0.2) is 30.3 Å². The molecular formula is C14H15NO6. The molecule has 2 amide bonds. The molecule has 7 nitrogen and oxygen atoms in total. The molecule has 1 aromatic rings. The van der Waals surface area contributed by atoms with Gasteiger partial charge in [-0.25, -0.2) is 0 Å². The fourth-order valence-electron chi connectivity index (χ4n) is 1.53. The number of rotatable bonds is 4. The van der Waals surface area contributed by atoms with Crippen LogP contribution in [-0.4, -0.2) is 39.9 Å². The smallest absolute Gasteiger partial charge is 0.303 e. The summed E-state index contributed by atoms with van der Waals surface area (Å²) in [6.45, 7) is 0. The molecule has 1 aliphatic rings. The molecule has 112 valence electrons. The Hall–Kier alpha value is -2.54. The molecule has 1 saturated heterocycles. The minimum Gasteiger partial charge on any atom is -0.481 e. The van der Waals surface area contributed by atoms with Crippen molar-refractivity contribution in [1.29, 1.82) is 0 Å². The van der Waals surface area contributed by atoms with Gasteiger partial charge in [-0.1, -0.05) is 30.3 Å². The third kappa shape index (κ3) is 5.96. The van der Waals surface area contributed by atoms with Crippen LogP contribution in [0, 0.1) is 0 Å². The van der Waals surface area contributed by atoms with Crippen molar-refractivity contribution in [3.63, 3.8) is 0 Å². The summed E-state index contributed by atoms with van der Waals surface area (Å²) < 4.78 is 0. The fraction of sp³-hybridized carbons (Fsp3) is 0.286. The van der Waals surface area contributed by atoms with Crippen molar-refractivity contribution in [2.75, 3.05) is 0 Å². The minimum absolute atomic E-state index is 0.0688. The minimum atomic E-state index is -1.11. The summed E-state index contributed by atoms with van der Waals surface area (Å²) in [4.78, 5) is 41.8. The SMILES string of the molecule is O=C(O)CCC(=O)c1ccccc1.O=C1CC(O)C(=O)N1. The summed E-state index contributed by atoms with van der Waals surface area (Å²) in [5.74, 6) is -2.05. The molecule has 1 fully saturated rings. The van der Waals surface area contributed by atoms with Gasteiger partial charge in [-0.3, -0.25) is 24.5 Å². The molecule has 0 spiro atoms. The highest BCUT2D eigenvalue weighted by Gasteiger charge is 2.27. The standard InChI is InChI=1S/C10H10O3.C4H5NO3/c11-9(6-7-10(12)13)8-4-2-1-3-5-8;6-2-1-3(7)5-4(2)8/h1-5H,6-7H2,(H,12,13);2,6H,1H2,(H,5,7,8). The average Bonchev–Trinajstić information content (AvgIpc) is 2.74. The highest BCUT2D eigenvalue weighted by atomic mass is 16.4. The van der Waals surface area contributed by atoms with Crippen LogP contribution in [0.3, 0.4) is 0 Å². The molecule has 1 aromatic carbocycles. The number of nitrogens with one attached hydrogen (secondary N) is 1. The molecule has 1 unspecified atom stereocenters. The zero-order valence-corrected chi connectivity index (χ0v) is 11.1. The van der Waals surface area contributed by atoms with E-state index in [1.807, 2.05) is 11.4 Å². The topological polar surface area (TPSA) is 121 Å². The van der Waals surface area contributed by atoms with Gasteiger partial charge in [0.05, 0.1) is 12.8 Å². The van der Waals surface area contributed by atoms with Gasteiger partial charge in [0.25, 0.3) is 5.91 Å². The van der Waals surface area contributed by atoms with Gasteiger partial charge < -0.3 is 10.2 Å². The summed E-state index contributed by atoms with van der Waals surface area (Å²) in [6, 6.07) is 8.70. The van der Waals surface area contributed by atoms with Crippen LogP contribution in [-0.2, 0) is 14.4 Å². The number of aliphatic carboxylic acids is 1. The lowest BCUT2D eigenvalue weighted by Gasteiger charge is -1.97. The lowest BCUT2D eigenvalue weighted by atomic mass is 10.1. The van der Waals surface area contributed by atoms with E-state index in [0.29, 0.717) is 5.56 Å². The van der Waals surface area contributed by atoms with Crippen LogP contribution in [0.4, 0.5) is 0 Å². The fourth-order valence-corrected chi connectivity index (χ4v) is 1.53. The monoisotopic (exact) mass is 293 g/mol. The van der Waals surface area contributed by atoms with Crippen LogP contribution < -0.4 is 5.32 Å². The van der Waals surface area contributed by atoms with Gasteiger partial charge in [0.2, 0.25) is 5.91 Å². The largest absolute Gasteiger partial charge is 0.481 e. The molecule has 3 N–H and O–H groups in total. The van der Waals surface area contributed by atoms with Crippen molar-refractivity contribution < 1.29 is 29.4 Å². The molecule has 1 heterocycles. The Balaban J connectivity index is 0.000000235. The number of carbonyl (C=O) groups is 4. The number of ketones is 1. The van der Waals surface area contributed by atoms with E-state index in [1.54, 1.807) is 24.3 Å². The zero-order chi connectivity index (χ0) is 15.8. The van der Waals surface area contributed by atoms with Crippen molar-refractivity contribution in [2.45, 2.75) is 25.4 Å². The van der Waals surface area contributed by atoms with Gasteiger partial charge in [-0.2, -0.15) is 0 Å². The van der Waals surface area contributed by atoms with Crippen LogP contribution in [0.5, 0.6) is 0 Å². The van der Waals surface area contributed by atoms with E-state index in [0.717, 1.165) is 0 Å². The Kier molecular flexibility index (Phi) is 6.22. The Bertz CT molecular complexity index is 540.